The molecule has 1 aliphatic heterocycles. The molecule has 2 aromatic rings. The van der Waals surface area contributed by atoms with Crippen molar-refractivity contribution in [1.29, 1.82) is 0 Å². The number of rotatable bonds is 6. The monoisotopic (exact) mass is 271 g/mol. The molecule has 0 saturated carbocycles. The van der Waals surface area contributed by atoms with Crippen molar-refractivity contribution < 1.29 is 4.74 Å². The average molecular weight is 271 g/mol. The molecule has 1 aromatic carbocycles. The summed E-state index contributed by atoms with van der Waals surface area (Å²) in [6.07, 6.45) is 8.00. The maximum absolute atomic E-state index is 5.39. The van der Waals surface area contributed by atoms with E-state index in [1.54, 1.807) is 6.20 Å². The summed E-state index contributed by atoms with van der Waals surface area (Å²) in [5, 5.41) is 3.51. The number of imidazole rings is 1. The summed E-state index contributed by atoms with van der Waals surface area (Å²) in [4.78, 5) is 4.06. The zero-order chi connectivity index (χ0) is 13.6. The van der Waals surface area contributed by atoms with Gasteiger partial charge in [-0.15, -0.1) is 0 Å². The van der Waals surface area contributed by atoms with E-state index in [2.05, 4.69) is 34.6 Å². The summed E-state index contributed by atoms with van der Waals surface area (Å²) in [7, 11) is 0. The van der Waals surface area contributed by atoms with Gasteiger partial charge in [0.25, 0.3) is 0 Å². The Balaban J connectivity index is 1.43. The molecule has 4 nitrogen and oxygen atoms in total. The van der Waals surface area contributed by atoms with Gasteiger partial charge < -0.3 is 14.6 Å². The van der Waals surface area contributed by atoms with Crippen LogP contribution in [0.4, 0.5) is 0 Å². The fraction of sp³-hybridized carbons (Fsp3) is 0.438. The SMILES string of the molecule is c1cn(-c2ccc(CNCCC3CCOC3)cc2)cn1. The molecule has 106 valence electrons. The van der Waals surface area contributed by atoms with E-state index in [1.165, 1.54) is 18.4 Å². The van der Waals surface area contributed by atoms with Gasteiger partial charge in [0.15, 0.2) is 0 Å². The van der Waals surface area contributed by atoms with Crippen molar-refractivity contribution in [3.63, 3.8) is 0 Å². The molecule has 1 aliphatic rings. The second kappa shape index (κ2) is 6.68. The first-order valence-corrected chi connectivity index (χ1v) is 7.27. The summed E-state index contributed by atoms with van der Waals surface area (Å²) in [6.45, 7) is 3.89. The molecule has 0 amide bonds. The van der Waals surface area contributed by atoms with E-state index in [0.29, 0.717) is 0 Å². The van der Waals surface area contributed by atoms with Gasteiger partial charge in [0.05, 0.1) is 6.33 Å². The van der Waals surface area contributed by atoms with Crippen molar-refractivity contribution in [2.45, 2.75) is 19.4 Å². The lowest BCUT2D eigenvalue weighted by Crippen LogP contribution is -2.18. The van der Waals surface area contributed by atoms with E-state index < -0.39 is 0 Å². The number of hydrogen-bond donors (Lipinski definition) is 1. The number of hydrogen-bond acceptors (Lipinski definition) is 3. The summed E-state index contributed by atoms with van der Waals surface area (Å²) >= 11 is 0. The molecule has 0 spiro atoms. The minimum Gasteiger partial charge on any atom is -0.381 e. The number of nitrogens with zero attached hydrogens (tertiary/aromatic N) is 2. The lowest BCUT2D eigenvalue weighted by molar-refractivity contribution is 0.184. The summed E-state index contributed by atoms with van der Waals surface area (Å²) in [5.41, 5.74) is 2.46. The third-order valence-electron chi connectivity index (χ3n) is 3.82. The first-order chi connectivity index (χ1) is 9.92. The lowest BCUT2D eigenvalue weighted by Gasteiger charge is -2.09. The Morgan fingerprint density at radius 3 is 2.90 bits per heavy atom. The highest BCUT2D eigenvalue weighted by molar-refractivity contribution is 5.34. The minimum absolute atomic E-state index is 0.756. The van der Waals surface area contributed by atoms with Crippen LogP contribution in [0.1, 0.15) is 18.4 Å². The summed E-state index contributed by atoms with van der Waals surface area (Å²) in [6, 6.07) is 8.59. The third kappa shape index (κ3) is 3.46. The van der Waals surface area contributed by atoms with Crippen molar-refractivity contribution in [3.8, 4) is 5.69 Å². The third-order valence-corrected chi connectivity index (χ3v) is 3.82. The zero-order valence-electron chi connectivity index (χ0n) is 11.7. The van der Waals surface area contributed by atoms with Gasteiger partial charge in [-0.05, 0) is 43.0 Å². The van der Waals surface area contributed by atoms with E-state index in [1.807, 2.05) is 17.1 Å². The molecule has 0 aliphatic carbocycles. The topological polar surface area (TPSA) is 39.1 Å². The quantitative estimate of drug-likeness (QED) is 0.820. The molecule has 1 saturated heterocycles. The maximum Gasteiger partial charge on any atom is 0.0991 e. The fourth-order valence-electron chi connectivity index (χ4n) is 2.55. The van der Waals surface area contributed by atoms with Crippen molar-refractivity contribution >= 4 is 0 Å². The molecule has 3 rings (SSSR count). The Kier molecular flexibility index (Phi) is 4.46. The van der Waals surface area contributed by atoms with Gasteiger partial charge >= 0.3 is 0 Å². The summed E-state index contributed by atoms with van der Waals surface area (Å²) < 4.78 is 7.40. The van der Waals surface area contributed by atoms with Crippen LogP contribution < -0.4 is 5.32 Å². The highest BCUT2D eigenvalue weighted by Gasteiger charge is 2.14. The number of ether oxygens (including phenoxy) is 1. The van der Waals surface area contributed by atoms with Crippen LogP contribution in [-0.2, 0) is 11.3 Å². The Morgan fingerprint density at radius 2 is 2.20 bits per heavy atom. The number of nitrogens with one attached hydrogen (secondary N) is 1. The van der Waals surface area contributed by atoms with Crippen LogP contribution in [0.3, 0.4) is 0 Å². The van der Waals surface area contributed by atoms with Gasteiger partial charge in [0.1, 0.15) is 0 Å². The molecule has 20 heavy (non-hydrogen) atoms. The van der Waals surface area contributed by atoms with Crippen LogP contribution in [0.2, 0.25) is 0 Å². The molecule has 4 heteroatoms. The average Bonchev–Trinajstić information content (AvgIpc) is 3.17. The predicted molar refractivity (Wildman–Crippen MR) is 78.8 cm³/mol. The smallest absolute Gasteiger partial charge is 0.0991 e. The molecular formula is C16H21N3O. The molecule has 1 aromatic heterocycles. The Hall–Kier alpha value is -1.65. The molecular weight excluding hydrogens is 250 g/mol. The van der Waals surface area contributed by atoms with Crippen LogP contribution in [-0.4, -0.2) is 29.3 Å². The molecule has 0 bridgehead atoms. The van der Waals surface area contributed by atoms with Crippen molar-refractivity contribution in [2.24, 2.45) is 5.92 Å². The zero-order valence-corrected chi connectivity index (χ0v) is 11.7. The molecule has 0 radical (unpaired) electrons. The molecule has 1 atom stereocenters. The second-order valence-electron chi connectivity index (χ2n) is 5.33. The van der Waals surface area contributed by atoms with Crippen molar-refractivity contribution in [1.82, 2.24) is 14.9 Å². The largest absolute Gasteiger partial charge is 0.381 e. The molecule has 1 N–H and O–H groups in total. The lowest BCUT2D eigenvalue weighted by atomic mass is 10.1. The van der Waals surface area contributed by atoms with Crippen LogP contribution in [0.15, 0.2) is 43.0 Å². The number of aromatic nitrogens is 2. The maximum atomic E-state index is 5.39. The van der Waals surface area contributed by atoms with Crippen LogP contribution in [0, 0.1) is 5.92 Å². The van der Waals surface area contributed by atoms with E-state index in [9.17, 15) is 0 Å². The van der Waals surface area contributed by atoms with Crippen molar-refractivity contribution in [2.75, 3.05) is 19.8 Å². The summed E-state index contributed by atoms with van der Waals surface area (Å²) in [5.74, 6) is 0.756. The van der Waals surface area contributed by atoms with Gasteiger partial charge in [-0.1, -0.05) is 12.1 Å². The first-order valence-electron chi connectivity index (χ1n) is 7.27. The predicted octanol–water partition coefficient (Wildman–Crippen LogP) is 2.39. The highest BCUT2D eigenvalue weighted by atomic mass is 16.5. The first kappa shape index (κ1) is 13.3. The van der Waals surface area contributed by atoms with Gasteiger partial charge in [0.2, 0.25) is 0 Å². The van der Waals surface area contributed by atoms with Gasteiger partial charge in [-0.2, -0.15) is 0 Å². The normalized spacial score (nSPS) is 18.5. The Bertz CT molecular complexity index is 501. The fourth-order valence-corrected chi connectivity index (χ4v) is 2.55. The van der Waals surface area contributed by atoms with Gasteiger partial charge in [0, 0.05) is 37.8 Å². The van der Waals surface area contributed by atoms with E-state index >= 15 is 0 Å². The molecule has 1 unspecified atom stereocenters. The standard InChI is InChI=1S/C16H21N3O/c1-3-16(19-9-8-18-13-19)4-2-14(1)11-17-7-5-15-6-10-20-12-15/h1-4,8-9,13,15,17H,5-7,10-12H2. The van der Waals surface area contributed by atoms with Crippen LogP contribution in [0.5, 0.6) is 0 Å². The van der Waals surface area contributed by atoms with E-state index in [0.717, 1.165) is 37.9 Å². The number of benzene rings is 1. The molecule has 2 heterocycles. The van der Waals surface area contributed by atoms with E-state index in [4.69, 9.17) is 4.74 Å². The van der Waals surface area contributed by atoms with Crippen molar-refractivity contribution in [3.05, 3.63) is 48.5 Å². The minimum atomic E-state index is 0.756. The van der Waals surface area contributed by atoms with Gasteiger partial charge in [-0.25, -0.2) is 4.98 Å². The van der Waals surface area contributed by atoms with Crippen LogP contribution in [0.25, 0.3) is 5.69 Å². The van der Waals surface area contributed by atoms with E-state index in [-0.39, 0.29) is 0 Å². The highest BCUT2D eigenvalue weighted by Crippen LogP contribution is 2.15. The van der Waals surface area contributed by atoms with Crippen LogP contribution >= 0.6 is 0 Å². The van der Waals surface area contributed by atoms with Gasteiger partial charge in [-0.3, -0.25) is 0 Å². The Morgan fingerprint density at radius 1 is 1.30 bits per heavy atom. The second-order valence-corrected chi connectivity index (χ2v) is 5.33. The Labute approximate surface area is 119 Å². The molecule has 1 fully saturated rings.